The second kappa shape index (κ2) is 5.36. The molecule has 0 aliphatic rings. The van der Waals surface area contributed by atoms with Crippen molar-refractivity contribution in [3.63, 3.8) is 0 Å². The molecule has 1 amide bonds. The monoisotopic (exact) mass is 241 g/mol. The Labute approximate surface area is 106 Å². The molecule has 0 aliphatic heterocycles. The first-order valence-corrected chi connectivity index (χ1v) is 5.84. The molecular formula is C15H15NO2. The normalized spacial score (nSPS) is 10.1. The standard InChI is InChI=1S/C15H15NO2/c1-2-18-12-9-7-11(8-10-12)13-5-3-4-6-14(13)15(16)17/h3-10H,2H2,1H3,(H2,16,17). The van der Waals surface area contributed by atoms with Crippen molar-refractivity contribution in [2.45, 2.75) is 6.92 Å². The van der Waals surface area contributed by atoms with Crippen LogP contribution in [0.25, 0.3) is 11.1 Å². The van der Waals surface area contributed by atoms with E-state index in [1.165, 1.54) is 0 Å². The number of carbonyl (C=O) groups is 1. The zero-order valence-electron chi connectivity index (χ0n) is 10.2. The molecule has 0 saturated heterocycles. The lowest BCUT2D eigenvalue weighted by atomic mass is 9.99. The summed E-state index contributed by atoms with van der Waals surface area (Å²) in [5.41, 5.74) is 7.69. The Morgan fingerprint density at radius 1 is 1.11 bits per heavy atom. The van der Waals surface area contributed by atoms with Crippen LogP contribution in [0.4, 0.5) is 0 Å². The summed E-state index contributed by atoms with van der Waals surface area (Å²) >= 11 is 0. The molecule has 0 atom stereocenters. The molecule has 0 saturated carbocycles. The van der Waals surface area contributed by atoms with Crippen LogP contribution in [0.5, 0.6) is 5.75 Å². The van der Waals surface area contributed by atoms with Crippen LogP contribution in [0, 0.1) is 0 Å². The second-order valence-electron chi connectivity index (χ2n) is 3.87. The van der Waals surface area contributed by atoms with Gasteiger partial charge in [0.05, 0.1) is 6.61 Å². The van der Waals surface area contributed by atoms with Gasteiger partial charge in [0.2, 0.25) is 5.91 Å². The van der Waals surface area contributed by atoms with Gasteiger partial charge in [0.1, 0.15) is 5.75 Å². The van der Waals surface area contributed by atoms with Crippen molar-refractivity contribution in [3.05, 3.63) is 54.1 Å². The maximum absolute atomic E-state index is 11.4. The van der Waals surface area contributed by atoms with Crippen molar-refractivity contribution in [2.24, 2.45) is 5.73 Å². The Kier molecular flexibility index (Phi) is 3.63. The predicted octanol–water partition coefficient (Wildman–Crippen LogP) is 2.85. The molecule has 2 aromatic rings. The maximum atomic E-state index is 11.4. The molecule has 0 radical (unpaired) electrons. The van der Waals surface area contributed by atoms with Gasteiger partial charge in [-0.1, -0.05) is 30.3 Å². The smallest absolute Gasteiger partial charge is 0.249 e. The van der Waals surface area contributed by atoms with Crippen LogP contribution >= 0.6 is 0 Å². The molecule has 2 N–H and O–H groups in total. The third kappa shape index (κ3) is 2.51. The predicted molar refractivity (Wildman–Crippen MR) is 71.6 cm³/mol. The summed E-state index contributed by atoms with van der Waals surface area (Å²) in [6.07, 6.45) is 0. The Morgan fingerprint density at radius 2 is 1.78 bits per heavy atom. The average Bonchev–Trinajstić information content (AvgIpc) is 2.40. The largest absolute Gasteiger partial charge is 0.494 e. The van der Waals surface area contributed by atoms with Gasteiger partial charge in [-0.05, 0) is 36.2 Å². The van der Waals surface area contributed by atoms with Gasteiger partial charge in [-0.15, -0.1) is 0 Å². The van der Waals surface area contributed by atoms with E-state index in [-0.39, 0.29) is 0 Å². The molecule has 0 aromatic heterocycles. The number of carbonyl (C=O) groups excluding carboxylic acids is 1. The third-order valence-corrected chi connectivity index (χ3v) is 2.67. The van der Waals surface area contributed by atoms with E-state index < -0.39 is 5.91 Å². The summed E-state index contributed by atoms with van der Waals surface area (Å²) in [5, 5.41) is 0. The quantitative estimate of drug-likeness (QED) is 0.894. The fourth-order valence-corrected chi connectivity index (χ4v) is 1.85. The molecule has 0 unspecified atom stereocenters. The summed E-state index contributed by atoms with van der Waals surface area (Å²) in [5.74, 6) is 0.400. The van der Waals surface area contributed by atoms with Crippen molar-refractivity contribution in [3.8, 4) is 16.9 Å². The summed E-state index contributed by atoms with van der Waals surface area (Å²) in [7, 11) is 0. The van der Waals surface area contributed by atoms with Gasteiger partial charge in [-0.25, -0.2) is 0 Å². The maximum Gasteiger partial charge on any atom is 0.249 e. The molecule has 0 heterocycles. The first-order valence-electron chi connectivity index (χ1n) is 5.84. The minimum atomic E-state index is -0.417. The number of hydrogen-bond acceptors (Lipinski definition) is 2. The number of hydrogen-bond donors (Lipinski definition) is 1. The first kappa shape index (κ1) is 12.2. The number of ether oxygens (including phenoxy) is 1. The van der Waals surface area contributed by atoms with E-state index in [4.69, 9.17) is 10.5 Å². The fourth-order valence-electron chi connectivity index (χ4n) is 1.85. The van der Waals surface area contributed by atoms with E-state index in [0.29, 0.717) is 12.2 Å². The highest BCUT2D eigenvalue weighted by Gasteiger charge is 2.08. The van der Waals surface area contributed by atoms with E-state index in [1.54, 1.807) is 12.1 Å². The summed E-state index contributed by atoms with van der Waals surface area (Å²) in [4.78, 5) is 11.4. The van der Waals surface area contributed by atoms with Gasteiger partial charge in [0.25, 0.3) is 0 Å². The van der Waals surface area contributed by atoms with Crippen molar-refractivity contribution >= 4 is 5.91 Å². The Hall–Kier alpha value is -2.29. The molecular weight excluding hydrogens is 226 g/mol. The van der Waals surface area contributed by atoms with Crippen LogP contribution in [0.3, 0.4) is 0 Å². The van der Waals surface area contributed by atoms with Gasteiger partial charge >= 0.3 is 0 Å². The van der Waals surface area contributed by atoms with Gasteiger partial charge in [0.15, 0.2) is 0 Å². The average molecular weight is 241 g/mol. The highest BCUT2D eigenvalue weighted by atomic mass is 16.5. The van der Waals surface area contributed by atoms with E-state index in [2.05, 4.69) is 0 Å². The van der Waals surface area contributed by atoms with E-state index in [1.807, 2.05) is 43.3 Å². The number of amides is 1. The number of rotatable bonds is 4. The molecule has 0 bridgehead atoms. The SMILES string of the molecule is CCOc1ccc(-c2ccccc2C(N)=O)cc1. The summed E-state index contributed by atoms with van der Waals surface area (Å²) in [6, 6.07) is 14.9. The molecule has 2 rings (SSSR count). The molecule has 0 aliphatic carbocycles. The van der Waals surface area contributed by atoms with Gasteiger partial charge in [-0.2, -0.15) is 0 Å². The van der Waals surface area contributed by atoms with Crippen molar-refractivity contribution in [1.29, 1.82) is 0 Å². The van der Waals surface area contributed by atoms with E-state index in [9.17, 15) is 4.79 Å². The Balaban J connectivity index is 2.39. The lowest BCUT2D eigenvalue weighted by Crippen LogP contribution is -2.12. The van der Waals surface area contributed by atoms with Crippen LogP contribution in [0.15, 0.2) is 48.5 Å². The Morgan fingerprint density at radius 3 is 2.39 bits per heavy atom. The van der Waals surface area contributed by atoms with Crippen molar-refractivity contribution in [2.75, 3.05) is 6.61 Å². The minimum absolute atomic E-state index is 0.417. The van der Waals surface area contributed by atoms with Gasteiger partial charge in [-0.3, -0.25) is 4.79 Å². The second-order valence-corrected chi connectivity index (χ2v) is 3.87. The van der Waals surface area contributed by atoms with Crippen LogP contribution in [-0.4, -0.2) is 12.5 Å². The van der Waals surface area contributed by atoms with E-state index in [0.717, 1.165) is 16.9 Å². The molecule has 0 spiro atoms. The van der Waals surface area contributed by atoms with E-state index >= 15 is 0 Å². The van der Waals surface area contributed by atoms with Gasteiger partial charge < -0.3 is 10.5 Å². The number of nitrogens with two attached hydrogens (primary N) is 1. The first-order chi connectivity index (χ1) is 8.72. The highest BCUT2D eigenvalue weighted by molar-refractivity contribution is 5.99. The fraction of sp³-hybridized carbons (Fsp3) is 0.133. The summed E-state index contributed by atoms with van der Waals surface area (Å²) < 4.78 is 5.38. The molecule has 18 heavy (non-hydrogen) atoms. The molecule has 3 nitrogen and oxygen atoms in total. The van der Waals surface area contributed by atoms with Crippen molar-refractivity contribution < 1.29 is 9.53 Å². The molecule has 2 aromatic carbocycles. The van der Waals surface area contributed by atoms with Crippen LogP contribution in [0.2, 0.25) is 0 Å². The summed E-state index contributed by atoms with van der Waals surface area (Å²) in [6.45, 7) is 2.58. The number of benzene rings is 2. The third-order valence-electron chi connectivity index (χ3n) is 2.67. The molecule has 0 fully saturated rings. The van der Waals surface area contributed by atoms with Gasteiger partial charge in [0, 0.05) is 5.56 Å². The highest BCUT2D eigenvalue weighted by Crippen LogP contribution is 2.25. The van der Waals surface area contributed by atoms with Crippen LogP contribution in [0.1, 0.15) is 17.3 Å². The Bertz CT molecular complexity index is 547. The molecule has 92 valence electrons. The topological polar surface area (TPSA) is 52.3 Å². The lowest BCUT2D eigenvalue weighted by Gasteiger charge is -2.08. The zero-order chi connectivity index (χ0) is 13.0. The minimum Gasteiger partial charge on any atom is -0.494 e. The number of primary amides is 1. The molecule has 3 heteroatoms. The van der Waals surface area contributed by atoms with Crippen LogP contribution in [-0.2, 0) is 0 Å². The zero-order valence-corrected chi connectivity index (χ0v) is 10.2. The van der Waals surface area contributed by atoms with Crippen molar-refractivity contribution in [1.82, 2.24) is 0 Å². The lowest BCUT2D eigenvalue weighted by molar-refractivity contribution is 0.100. The van der Waals surface area contributed by atoms with Crippen LogP contribution < -0.4 is 10.5 Å².